The summed E-state index contributed by atoms with van der Waals surface area (Å²) >= 11 is 3.31. The fourth-order valence-electron chi connectivity index (χ4n) is 2.02. The van der Waals surface area contributed by atoms with Crippen LogP contribution in [0.25, 0.3) is 0 Å². The van der Waals surface area contributed by atoms with Crippen LogP contribution in [0.5, 0.6) is 0 Å². The third-order valence-electron chi connectivity index (χ3n) is 2.95. The number of carbonyl (C=O) groups is 1. The van der Waals surface area contributed by atoms with Gasteiger partial charge in [-0.25, -0.2) is 0 Å². The summed E-state index contributed by atoms with van der Waals surface area (Å²) in [6.45, 7) is 0. The normalized spacial score (nSPS) is 16.3. The average Bonchev–Trinajstić information content (AvgIpc) is 2.74. The van der Waals surface area contributed by atoms with E-state index in [1.54, 1.807) is 18.2 Å². The number of carbonyl (C=O) groups excluding carboxylic acids is 1. The number of rotatable bonds is 2. The van der Waals surface area contributed by atoms with Gasteiger partial charge in [0.15, 0.2) is 0 Å². The molecule has 0 aliphatic heterocycles. The molecule has 0 spiro atoms. The Balaban J connectivity index is 2.05. The van der Waals surface area contributed by atoms with Crippen LogP contribution >= 0.6 is 15.9 Å². The third-order valence-corrected chi connectivity index (χ3v) is 3.67. The fraction of sp³-hybridized carbons (Fsp3) is 0.417. The van der Waals surface area contributed by atoms with Crippen LogP contribution in [0.4, 0.5) is 5.69 Å². The van der Waals surface area contributed by atoms with Crippen molar-refractivity contribution in [3.05, 3.63) is 28.2 Å². The molecule has 0 saturated heterocycles. The minimum absolute atomic E-state index is 0.0221. The second-order valence-corrected chi connectivity index (χ2v) is 5.05. The van der Waals surface area contributed by atoms with E-state index in [2.05, 4.69) is 21.2 Å². The lowest BCUT2D eigenvalue weighted by molar-refractivity contribution is 0.0938. The zero-order valence-electron chi connectivity index (χ0n) is 9.00. The zero-order chi connectivity index (χ0) is 11.5. The molecule has 0 aromatic heterocycles. The van der Waals surface area contributed by atoms with Crippen molar-refractivity contribution in [3.63, 3.8) is 0 Å². The van der Waals surface area contributed by atoms with Crippen molar-refractivity contribution in [3.8, 4) is 0 Å². The number of nitrogens with two attached hydrogens (primary N) is 1. The summed E-state index contributed by atoms with van der Waals surface area (Å²) in [7, 11) is 0. The number of nitrogens with one attached hydrogen (secondary N) is 1. The van der Waals surface area contributed by atoms with Crippen LogP contribution in [0, 0.1) is 0 Å². The van der Waals surface area contributed by atoms with Crippen molar-refractivity contribution in [1.29, 1.82) is 0 Å². The van der Waals surface area contributed by atoms with Crippen LogP contribution in [0.3, 0.4) is 0 Å². The molecule has 1 amide bonds. The van der Waals surface area contributed by atoms with Crippen LogP contribution in [0.1, 0.15) is 36.0 Å². The summed E-state index contributed by atoms with van der Waals surface area (Å²) in [6.07, 6.45) is 4.62. The number of hydrogen-bond acceptors (Lipinski definition) is 2. The molecular weight excluding hydrogens is 268 g/mol. The summed E-state index contributed by atoms with van der Waals surface area (Å²) < 4.78 is 0.824. The lowest BCUT2D eigenvalue weighted by atomic mass is 10.1. The molecule has 16 heavy (non-hydrogen) atoms. The Morgan fingerprint density at radius 2 is 2.06 bits per heavy atom. The molecule has 4 heteroatoms. The smallest absolute Gasteiger partial charge is 0.251 e. The topological polar surface area (TPSA) is 55.1 Å². The molecular formula is C12H15BrN2O. The number of anilines is 1. The van der Waals surface area contributed by atoms with E-state index in [-0.39, 0.29) is 5.91 Å². The predicted octanol–water partition coefficient (Wildman–Crippen LogP) is 2.70. The molecule has 1 aromatic carbocycles. The standard InChI is InChI=1S/C12H15BrN2O/c13-10-6-5-8(7-11(10)14)12(16)15-9-3-1-2-4-9/h5-7,9H,1-4,14H2,(H,15,16). The number of nitrogen functional groups attached to an aromatic ring is 1. The van der Waals surface area contributed by atoms with Gasteiger partial charge in [-0.3, -0.25) is 4.79 Å². The van der Waals surface area contributed by atoms with Gasteiger partial charge in [-0.15, -0.1) is 0 Å². The Morgan fingerprint density at radius 1 is 1.38 bits per heavy atom. The largest absolute Gasteiger partial charge is 0.398 e. The van der Waals surface area contributed by atoms with Gasteiger partial charge in [0.2, 0.25) is 0 Å². The van der Waals surface area contributed by atoms with Crippen molar-refractivity contribution >= 4 is 27.5 Å². The maximum atomic E-state index is 11.9. The van der Waals surface area contributed by atoms with E-state index in [1.165, 1.54) is 12.8 Å². The van der Waals surface area contributed by atoms with E-state index >= 15 is 0 Å². The van der Waals surface area contributed by atoms with Crippen molar-refractivity contribution in [2.75, 3.05) is 5.73 Å². The molecule has 0 radical (unpaired) electrons. The lowest BCUT2D eigenvalue weighted by Gasteiger charge is -2.12. The average molecular weight is 283 g/mol. The maximum absolute atomic E-state index is 11.9. The van der Waals surface area contributed by atoms with Crippen LogP contribution in [0.2, 0.25) is 0 Å². The van der Waals surface area contributed by atoms with Crippen molar-refractivity contribution in [2.24, 2.45) is 0 Å². The molecule has 3 nitrogen and oxygen atoms in total. The quantitative estimate of drug-likeness (QED) is 0.820. The molecule has 1 saturated carbocycles. The highest BCUT2D eigenvalue weighted by Crippen LogP contribution is 2.21. The first kappa shape index (κ1) is 11.5. The Labute approximate surface area is 104 Å². The Bertz CT molecular complexity index is 400. The predicted molar refractivity (Wildman–Crippen MR) is 68.3 cm³/mol. The van der Waals surface area contributed by atoms with Crippen LogP contribution in [0.15, 0.2) is 22.7 Å². The highest BCUT2D eigenvalue weighted by atomic mass is 79.9. The van der Waals surface area contributed by atoms with Crippen molar-refractivity contribution < 1.29 is 4.79 Å². The second-order valence-electron chi connectivity index (χ2n) is 4.19. The lowest BCUT2D eigenvalue weighted by Crippen LogP contribution is -2.32. The summed E-state index contributed by atoms with van der Waals surface area (Å²) in [6, 6.07) is 5.63. The van der Waals surface area contributed by atoms with Gasteiger partial charge in [0, 0.05) is 21.8 Å². The van der Waals surface area contributed by atoms with Gasteiger partial charge in [-0.2, -0.15) is 0 Å². The van der Waals surface area contributed by atoms with Gasteiger partial charge in [0.1, 0.15) is 0 Å². The fourth-order valence-corrected chi connectivity index (χ4v) is 2.27. The highest BCUT2D eigenvalue weighted by Gasteiger charge is 2.18. The molecule has 1 fully saturated rings. The molecule has 0 atom stereocenters. The van der Waals surface area contributed by atoms with Crippen molar-refractivity contribution in [1.82, 2.24) is 5.32 Å². The summed E-state index contributed by atoms with van der Waals surface area (Å²) in [5.74, 6) is -0.0221. The summed E-state index contributed by atoms with van der Waals surface area (Å²) in [5, 5.41) is 3.03. The Kier molecular flexibility index (Phi) is 3.49. The van der Waals surface area contributed by atoms with Crippen LogP contribution < -0.4 is 11.1 Å². The van der Waals surface area contributed by atoms with Gasteiger partial charge >= 0.3 is 0 Å². The van der Waals surface area contributed by atoms with Crippen molar-refractivity contribution in [2.45, 2.75) is 31.7 Å². The van der Waals surface area contributed by atoms with Gasteiger partial charge in [-0.1, -0.05) is 12.8 Å². The summed E-state index contributed by atoms with van der Waals surface area (Å²) in [4.78, 5) is 11.9. The Morgan fingerprint density at radius 3 is 2.69 bits per heavy atom. The van der Waals surface area contributed by atoms with E-state index < -0.39 is 0 Å². The molecule has 0 bridgehead atoms. The maximum Gasteiger partial charge on any atom is 0.251 e. The first-order chi connectivity index (χ1) is 7.66. The molecule has 0 heterocycles. The zero-order valence-corrected chi connectivity index (χ0v) is 10.6. The molecule has 0 unspecified atom stereocenters. The molecule has 1 aliphatic rings. The monoisotopic (exact) mass is 282 g/mol. The van der Waals surface area contributed by atoms with E-state index in [1.807, 2.05) is 0 Å². The Hall–Kier alpha value is -1.03. The minimum atomic E-state index is -0.0221. The SMILES string of the molecule is Nc1cc(C(=O)NC2CCCC2)ccc1Br. The summed E-state index contributed by atoms with van der Waals surface area (Å²) in [5.41, 5.74) is 6.97. The van der Waals surface area contributed by atoms with E-state index in [0.29, 0.717) is 17.3 Å². The van der Waals surface area contributed by atoms with Gasteiger partial charge < -0.3 is 11.1 Å². The molecule has 2 rings (SSSR count). The van der Waals surface area contributed by atoms with Gasteiger partial charge in [-0.05, 0) is 47.0 Å². The molecule has 86 valence electrons. The number of hydrogen-bond donors (Lipinski definition) is 2. The van der Waals surface area contributed by atoms with Crippen LogP contribution in [-0.4, -0.2) is 11.9 Å². The van der Waals surface area contributed by atoms with Gasteiger partial charge in [0.25, 0.3) is 5.91 Å². The molecule has 1 aliphatic carbocycles. The molecule has 1 aromatic rings. The number of benzene rings is 1. The van der Waals surface area contributed by atoms with E-state index in [4.69, 9.17) is 5.73 Å². The van der Waals surface area contributed by atoms with Gasteiger partial charge in [0.05, 0.1) is 0 Å². The minimum Gasteiger partial charge on any atom is -0.398 e. The first-order valence-electron chi connectivity index (χ1n) is 5.52. The third kappa shape index (κ3) is 2.55. The number of amides is 1. The van der Waals surface area contributed by atoms with E-state index in [0.717, 1.165) is 17.3 Å². The number of halogens is 1. The van der Waals surface area contributed by atoms with E-state index in [9.17, 15) is 4.79 Å². The van der Waals surface area contributed by atoms with Crippen LogP contribution in [-0.2, 0) is 0 Å². The molecule has 3 N–H and O–H groups in total. The first-order valence-corrected chi connectivity index (χ1v) is 6.32. The second kappa shape index (κ2) is 4.87. The highest BCUT2D eigenvalue weighted by molar-refractivity contribution is 9.10.